The van der Waals surface area contributed by atoms with Gasteiger partial charge in [-0.2, -0.15) is 5.26 Å². The molecule has 1 aromatic rings. The molecular formula is C17H23N3O3. The van der Waals surface area contributed by atoms with Gasteiger partial charge in [-0.15, -0.1) is 0 Å². The van der Waals surface area contributed by atoms with Crippen molar-refractivity contribution in [3.05, 3.63) is 29.8 Å². The highest BCUT2D eigenvalue weighted by Gasteiger charge is 2.27. The lowest BCUT2D eigenvalue weighted by Crippen LogP contribution is -2.48. The Balaban J connectivity index is 2.79. The van der Waals surface area contributed by atoms with Crippen LogP contribution in [0.4, 0.5) is 10.5 Å². The van der Waals surface area contributed by atoms with E-state index in [1.54, 1.807) is 45.0 Å². The molecule has 1 rings (SSSR count). The molecule has 124 valence electrons. The Bertz CT molecular complexity index is 612. The lowest BCUT2D eigenvalue weighted by Gasteiger charge is -2.25. The predicted molar refractivity (Wildman–Crippen MR) is 87.8 cm³/mol. The lowest BCUT2D eigenvalue weighted by molar-refractivity contribution is -0.119. The van der Waals surface area contributed by atoms with Crippen molar-refractivity contribution in [3.63, 3.8) is 0 Å². The number of nitrogens with zero attached hydrogens (tertiary/aromatic N) is 1. The summed E-state index contributed by atoms with van der Waals surface area (Å²) in [6, 6.07) is 7.85. The first-order valence-corrected chi connectivity index (χ1v) is 7.43. The van der Waals surface area contributed by atoms with E-state index in [4.69, 9.17) is 10.00 Å². The van der Waals surface area contributed by atoms with Gasteiger partial charge in [0.25, 0.3) is 0 Å². The van der Waals surface area contributed by atoms with Crippen LogP contribution in [0.25, 0.3) is 0 Å². The first kappa shape index (κ1) is 18.5. The maximum Gasteiger partial charge on any atom is 0.408 e. The van der Waals surface area contributed by atoms with Gasteiger partial charge in [0.1, 0.15) is 11.6 Å². The van der Waals surface area contributed by atoms with Crippen LogP contribution in [0, 0.1) is 17.2 Å². The second kappa shape index (κ2) is 7.63. The van der Waals surface area contributed by atoms with Crippen molar-refractivity contribution in [2.24, 2.45) is 5.92 Å². The summed E-state index contributed by atoms with van der Waals surface area (Å²) >= 11 is 0. The molecule has 23 heavy (non-hydrogen) atoms. The number of carbonyl (C=O) groups is 2. The fraction of sp³-hybridized carbons (Fsp3) is 0.471. The molecule has 0 spiro atoms. The predicted octanol–water partition coefficient (Wildman–Crippen LogP) is 3.05. The number of amides is 2. The highest BCUT2D eigenvalue weighted by Crippen LogP contribution is 2.13. The minimum Gasteiger partial charge on any atom is -0.444 e. The molecule has 1 atom stereocenters. The van der Waals surface area contributed by atoms with Crippen LogP contribution in [-0.4, -0.2) is 23.6 Å². The highest BCUT2D eigenvalue weighted by molar-refractivity contribution is 5.96. The number of nitrogens with one attached hydrogen (secondary N) is 2. The summed E-state index contributed by atoms with van der Waals surface area (Å²) in [7, 11) is 0. The van der Waals surface area contributed by atoms with Crippen molar-refractivity contribution < 1.29 is 14.3 Å². The van der Waals surface area contributed by atoms with Crippen molar-refractivity contribution in [2.45, 2.75) is 46.3 Å². The third-order valence-electron chi connectivity index (χ3n) is 2.88. The summed E-state index contributed by atoms with van der Waals surface area (Å²) in [5.41, 5.74) is 0.318. The third kappa shape index (κ3) is 6.39. The lowest BCUT2D eigenvalue weighted by atomic mass is 10.0. The van der Waals surface area contributed by atoms with Crippen molar-refractivity contribution in [1.82, 2.24) is 5.32 Å². The van der Waals surface area contributed by atoms with Gasteiger partial charge in [-0.3, -0.25) is 4.79 Å². The fourth-order valence-corrected chi connectivity index (χ4v) is 1.86. The first-order valence-electron chi connectivity index (χ1n) is 7.43. The Kier molecular flexibility index (Phi) is 6.14. The van der Waals surface area contributed by atoms with Gasteiger partial charge in [0.05, 0.1) is 11.6 Å². The van der Waals surface area contributed by atoms with Gasteiger partial charge < -0.3 is 15.4 Å². The molecule has 0 radical (unpaired) electrons. The van der Waals surface area contributed by atoms with Crippen LogP contribution >= 0.6 is 0 Å². The van der Waals surface area contributed by atoms with Gasteiger partial charge in [0.15, 0.2) is 0 Å². The average Bonchev–Trinajstić information content (AvgIpc) is 2.42. The standard InChI is InChI=1S/C17H23N3O3/c1-11(2)14(20-16(22)23-17(3,4)5)15(21)19-13-8-6-7-12(9-13)10-18/h6-9,11,14H,1-5H3,(H,19,21)(H,20,22). The zero-order chi connectivity index (χ0) is 17.6. The summed E-state index contributed by atoms with van der Waals surface area (Å²) in [5, 5.41) is 14.2. The first-order chi connectivity index (χ1) is 10.6. The summed E-state index contributed by atoms with van der Waals surface area (Å²) in [6.45, 7) is 8.92. The van der Waals surface area contributed by atoms with E-state index < -0.39 is 17.7 Å². The maximum atomic E-state index is 12.4. The summed E-state index contributed by atoms with van der Waals surface area (Å²) in [5.74, 6) is -0.484. The highest BCUT2D eigenvalue weighted by atomic mass is 16.6. The second-order valence-corrected chi connectivity index (χ2v) is 6.55. The largest absolute Gasteiger partial charge is 0.444 e. The Morgan fingerprint density at radius 2 is 1.91 bits per heavy atom. The summed E-state index contributed by atoms with van der Waals surface area (Å²) in [6.07, 6.45) is -0.642. The van der Waals surface area contributed by atoms with Gasteiger partial charge >= 0.3 is 6.09 Å². The fourth-order valence-electron chi connectivity index (χ4n) is 1.86. The zero-order valence-corrected chi connectivity index (χ0v) is 14.1. The Morgan fingerprint density at radius 1 is 1.26 bits per heavy atom. The van der Waals surface area contributed by atoms with Gasteiger partial charge in [-0.25, -0.2) is 4.79 Å². The van der Waals surface area contributed by atoms with Crippen molar-refractivity contribution in [1.29, 1.82) is 5.26 Å². The van der Waals surface area contributed by atoms with Crippen LogP contribution in [0.2, 0.25) is 0 Å². The second-order valence-electron chi connectivity index (χ2n) is 6.55. The number of hydrogen-bond acceptors (Lipinski definition) is 4. The quantitative estimate of drug-likeness (QED) is 0.893. The zero-order valence-electron chi connectivity index (χ0n) is 14.1. The van der Waals surface area contributed by atoms with E-state index >= 15 is 0 Å². The number of carbonyl (C=O) groups excluding carboxylic acids is 2. The monoisotopic (exact) mass is 317 g/mol. The number of ether oxygens (including phenoxy) is 1. The smallest absolute Gasteiger partial charge is 0.408 e. The number of anilines is 1. The molecule has 0 aliphatic carbocycles. The SMILES string of the molecule is CC(C)C(NC(=O)OC(C)(C)C)C(=O)Nc1cccc(C#N)c1. The molecule has 0 aromatic heterocycles. The topological polar surface area (TPSA) is 91.2 Å². The Hall–Kier alpha value is -2.55. The van der Waals surface area contributed by atoms with Crippen molar-refractivity contribution in [2.75, 3.05) is 5.32 Å². The minimum atomic E-state index is -0.740. The summed E-state index contributed by atoms with van der Waals surface area (Å²) < 4.78 is 5.18. The number of rotatable bonds is 4. The van der Waals surface area contributed by atoms with Crippen LogP contribution in [0.15, 0.2) is 24.3 Å². The van der Waals surface area contributed by atoms with Crippen LogP contribution in [0.3, 0.4) is 0 Å². The molecular weight excluding hydrogens is 294 g/mol. The van der Waals surface area contributed by atoms with E-state index in [0.717, 1.165) is 0 Å². The molecule has 1 aromatic carbocycles. The molecule has 6 heteroatoms. The summed E-state index contributed by atoms with van der Waals surface area (Å²) in [4.78, 5) is 24.3. The van der Waals surface area contributed by atoms with Crippen LogP contribution in [0.5, 0.6) is 0 Å². The molecule has 2 N–H and O–H groups in total. The van der Waals surface area contributed by atoms with Crippen LogP contribution in [0.1, 0.15) is 40.2 Å². The van der Waals surface area contributed by atoms with E-state index in [1.165, 1.54) is 0 Å². The van der Waals surface area contributed by atoms with Gasteiger partial charge in [0.2, 0.25) is 5.91 Å². The molecule has 0 aliphatic rings. The molecule has 1 unspecified atom stereocenters. The van der Waals surface area contributed by atoms with Crippen LogP contribution in [-0.2, 0) is 9.53 Å². The minimum absolute atomic E-state index is 0.123. The van der Waals surface area contributed by atoms with Crippen molar-refractivity contribution in [3.8, 4) is 6.07 Å². The average molecular weight is 317 g/mol. The van der Waals surface area contributed by atoms with Gasteiger partial charge in [-0.1, -0.05) is 19.9 Å². The molecule has 6 nitrogen and oxygen atoms in total. The number of alkyl carbamates (subject to hydrolysis) is 1. The maximum absolute atomic E-state index is 12.4. The van der Waals surface area contributed by atoms with Gasteiger partial charge in [0, 0.05) is 5.69 Å². The Labute approximate surface area is 136 Å². The third-order valence-corrected chi connectivity index (χ3v) is 2.88. The van der Waals surface area contributed by atoms with E-state index in [1.807, 2.05) is 19.9 Å². The molecule has 0 fully saturated rings. The molecule has 2 amide bonds. The van der Waals surface area contributed by atoms with Crippen LogP contribution < -0.4 is 10.6 Å². The molecule has 0 saturated heterocycles. The van der Waals surface area contributed by atoms with E-state index in [2.05, 4.69) is 10.6 Å². The Morgan fingerprint density at radius 3 is 2.43 bits per heavy atom. The number of nitriles is 1. The molecule has 0 heterocycles. The van der Waals surface area contributed by atoms with E-state index in [-0.39, 0.29) is 11.8 Å². The van der Waals surface area contributed by atoms with Gasteiger partial charge in [-0.05, 0) is 44.9 Å². The normalized spacial score (nSPS) is 12.2. The van der Waals surface area contributed by atoms with Crippen molar-refractivity contribution >= 4 is 17.7 Å². The number of hydrogen-bond donors (Lipinski definition) is 2. The van der Waals surface area contributed by atoms with E-state index in [9.17, 15) is 9.59 Å². The molecule has 0 aliphatic heterocycles. The molecule has 0 bridgehead atoms. The number of benzene rings is 1. The molecule has 0 saturated carbocycles. The van der Waals surface area contributed by atoms with E-state index in [0.29, 0.717) is 11.3 Å².